The smallest absolute Gasteiger partial charge is 0.258 e. The Morgan fingerprint density at radius 1 is 1.23 bits per heavy atom. The van der Waals surface area contributed by atoms with Gasteiger partial charge in [-0.3, -0.25) is 4.79 Å². The Morgan fingerprint density at radius 2 is 2.08 bits per heavy atom. The molecule has 0 aliphatic rings. The van der Waals surface area contributed by atoms with E-state index in [0.717, 1.165) is 15.2 Å². The molecule has 3 rings (SSSR count). The third kappa shape index (κ3) is 4.29. The van der Waals surface area contributed by atoms with E-state index in [2.05, 4.69) is 10.3 Å². The largest absolute Gasteiger partial charge is 0.490 e. The fourth-order valence-corrected chi connectivity index (χ4v) is 3.24. The van der Waals surface area contributed by atoms with Crippen LogP contribution in [0.15, 0.2) is 42.5 Å². The molecule has 1 N–H and O–H groups in total. The van der Waals surface area contributed by atoms with Gasteiger partial charge in [-0.15, -0.1) is 11.3 Å². The van der Waals surface area contributed by atoms with Crippen molar-refractivity contribution in [2.75, 3.05) is 13.2 Å². The first-order valence-electron chi connectivity index (χ1n) is 8.10. The van der Waals surface area contributed by atoms with Crippen molar-refractivity contribution >= 4 is 27.5 Å². The third-order valence-electron chi connectivity index (χ3n) is 3.51. The van der Waals surface area contributed by atoms with E-state index in [1.54, 1.807) is 29.5 Å². The Labute approximate surface area is 155 Å². The molecule has 26 heavy (non-hydrogen) atoms. The Morgan fingerprint density at radius 3 is 2.85 bits per heavy atom. The first kappa shape index (κ1) is 17.7. The predicted octanol–water partition coefficient (Wildman–Crippen LogP) is 3.26. The molecule has 3 aromatic rings. The van der Waals surface area contributed by atoms with Gasteiger partial charge in [0.15, 0.2) is 18.1 Å². The summed E-state index contributed by atoms with van der Waals surface area (Å²) < 4.78 is 12.1. The molecule has 1 heterocycles. The summed E-state index contributed by atoms with van der Waals surface area (Å²) in [5, 5.41) is 12.6. The van der Waals surface area contributed by atoms with Crippen LogP contribution >= 0.6 is 11.3 Å². The minimum atomic E-state index is -0.254. The lowest BCUT2D eigenvalue weighted by Gasteiger charge is -2.11. The number of carbonyl (C=O) groups is 1. The van der Waals surface area contributed by atoms with Crippen LogP contribution in [0.3, 0.4) is 0 Å². The molecule has 1 amide bonds. The van der Waals surface area contributed by atoms with Crippen molar-refractivity contribution in [3.8, 4) is 17.6 Å². The fourth-order valence-electron chi connectivity index (χ4n) is 2.33. The van der Waals surface area contributed by atoms with Gasteiger partial charge in [-0.2, -0.15) is 5.26 Å². The fraction of sp³-hybridized carbons (Fsp3) is 0.211. The van der Waals surface area contributed by atoms with E-state index in [1.807, 2.05) is 37.3 Å². The number of benzene rings is 2. The van der Waals surface area contributed by atoms with Crippen molar-refractivity contribution < 1.29 is 14.3 Å². The lowest BCUT2D eigenvalue weighted by atomic mass is 10.2. The van der Waals surface area contributed by atoms with Crippen molar-refractivity contribution in [1.29, 1.82) is 5.26 Å². The highest BCUT2D eigenvalue weighted by Crippen LogP contribution is 2.28. The zero-order chi connectivity index (χ0) is 18.4. The van der Waals surface area contributed by atoms with Crippen molar-refractivity contribution in [2.24, 2.45) is 0 Å². The molecule has 0 atom stereocenters. The molecule has 0 saturated carbocycles. The third-order valence-corrected chi connectivity index (χ3v) is 4.54. The molecule has 1 aromatic heterocycles. The van der Waals surface area contributed by atoms with Gasteiger partial charge in [0.05, 0.1) is 35.0 Å². The van der Waals surface area contributed by atoms with Crippen molar-refractivity contribution in [2.45, 2.75) is 13.5 Å². The van der Waals surface area contributed by atoms with Crippen LogP contribution in [0, 0.1) is 11.3 Å². The normalized spacial score (nSPS) is 10.3. The Hall–Kier alpha value is -3.11. The van der Waals surface area contributed by atoms with Gasteiger partial charge in [-0.25, -0.2) is 4.98 Å². The van der Waals surface area contributed by atoms with Crippen LogP contribution in [-0.2, 0) is 11.3 Å². The van der Waals surface area contributed by atoms with Crippen LogP contribution in [-0.4, -0.2) is 24.1 Å². The maximum Gasteiger partial charge on any atom is 0.258 e. The molecular formula is C19H17N3O3S. The topological polar surface area (TPSA) is 84.2 Å². The van der Waals surface area contributed by atoms with E-state index >= 15 is 0 Å². The van der Waals surface area contributed by atoms with Gasteiger partial charge >= 0.3 is 0 Å². The molecule has 0 aliphatic heterocycles. The summed E-state index contributed by atoms with van der Waals surface area (Å²) in [6.45, 7) is 2.49. The zero-order valence-electron chi connectivity index (χ0n) is 14.2. The van der Waals surface area contributed by atoms with Crippen LogP contribution in [0.2, 0.25) is 0 Å². The Kier molecular flexibility index (Phi) is 5.66. The van der Waals surface area contributed by atoms with Gasteiger partial charge < -0.3 is 14.8 Å². The van der Waals surface area contributed by atoms with E-state index in [1.165, 1.54) is 0 Å². The molecule has 0 aliphatic carbocycles. The Bertz CT molecular complexity index is 929. The summed E-state index contributed by atoms with van der Waals surface area (Å²) in [5.41, 5.74) is 1.40. The van der Waals surface area contributed by atoms with Crippen LogP contribution in [0.5, 0.6) is 11.5 Å². The maximum atomic E-state index is 12.0. The van der Waals surface area contributed by atoms with Crippen LogP contribution < -0.4 is 14.8 Å². The first-order chi connectivity index (χ1) is 12.7. The van der Waals surface area contributed by atoms with Gasteiger partial charge in [0.25, 0.3) is 5.91 Å². The summed E-state index contributed by atoms with van der Waals surface area (Å²) in [7, 11) is 0. The summed E-state index contributed by atoms with van der Waals surface area (Å²) >= 11 is 1.55. The number of nitriles is 1. The molecule has 0 radical (unpaired) electrons. The van der Waals surface area contributed by atoms with Crippen molar-refractivity contribution in [3.05, 3.63) is 53.0 Å². The molecule has 0 spiro atoms. The van der Waals surface area contributed by atoms with Crippen LogP contribution in [0.4, 0.5) is 0 Å². The number of carbonyl (C=O) groups excluding carboxylic acids is 1. The zero-order valence-corrected chi connectivity index (χ0v) is 15.0. The second kappa shape index (κ2) is 8.32. The molecule has 6 nitrogen and oxygen atoms in total. The van der Waals surface area contributed by atoms with E-state index < -0.39 is 0 Å². The highest BCUT2D eigenvalue weighted by Gasteiger charge is 2.10. The van der Waals surface area contributed by atoms with Gasteiger partial charge in [0, 0.05) is 6.07 Å². The quantitative estimate of drug-likeness (QED) is 0.693. The number of ether oxygens (including phenoxy) is 2. The number of fused-ring (bicyclic) bond motifs is 1. The lowest BCUT2D eigenvalue weighted by molar-refractivity contribution is -0.123. The molecule has 0 saturated heterocycles. The molecule has 0 fully saturated rings. The Balaban J connectivity index is 1.56. The van der Waals surface area contributed by atoms with Crippen LogP contribution in [0.1, 0.15) is 17.5 Å². The highest BCUT2D eigenvalue weighted by molar-refractivity contribution is 7.18. The number of hydrogen-bond donors (Lipinski definition) is 1. The number of nitrogens with zero attached hydrogens (tertiary/aromatic N) is 2. The van der Waals surface area contributed by atoms with E-state index in [4.69, 9.17) is 14.7 Å². The first-order valence-corrected chi connectivity index (χ1v) is 8.92. The SMILES string of the molecule is CCOc1cc(C#N)ccc1OCC(=O)NCc1nc2ccccc2s1. The predicted molar refractivity (Wildman–Crippen MR) is 99.3 cm³/mol. The molecule has 2 aromatic carbocycles. The van der Waals surface area contributed by atoms with Gasteiger partial charge in [-0.1, -0.05) is 12.1 Å². The lowest BCUT2D eigenvalue weighted by Crippen LogP contribution is -2.28. The molecular weight excluding hydrogens is 350 g/mol. The van der Waals surface area contributed by atoms with E-state index in [-0.39, 0.29) is 12.5 Å². The number of thiazole rings is 1. The minimum absolute atomic E-state index is 0.142. The number of amides is 1. The highest BCUT2D eigenvalue weighted by atomic mass is 32.1. The molecule has 0 unspecified atom stereocenters. The second-order valence-electron chi connectivity index (χ2n) is 5.35. The van der Waals surface area contributed by atoms with Gasteiger partial charge in [0.1, 0.15) is 5.01 Å². The molecule has 7 heteroatoms. The number of hydrogen-bond acceptors (Lipinski definition) is 6. The molecule has 0 bridgehead atoms. The minimum Gasteiger partial charge on any atom is -0.490 e. The maximum absolute atomic E-state index is 12.0. The van der Waals surface area contributed by atoms with Gasteiger partial charge in [-0.05, 0) is 31.2 Å². The number of para-hydroxylation sites is 1. The average Bonchev–Trinajstić information content (AvgIpc) is 3.08. The summed E-state index contributed by atoms with van der Waals surface area (Å²) in [6, 6.07) is 14.7. The summed E-state index contributed by atoms with van der Waals surface area (Å²) in [6.07, 6.45) is 0. The second-order valence-corrected chi connectivity index (χ2v) is 6.46. The van der Waals surface area contributed by atoms with E-state index in [9.17, 15) is 4.79 Å². The number of aromatic nitrogens is 1. The standard InChI is InChI=1S/C19H17N3O3S/c1-2-24-16-9-13(10-20)7-8-15(16)25-12-18(23)21-11-19-22-14-5-3-4-6-17(14)26-19/h3-9H,2,11-12H2,1H3,(H,21,23). The summed E-state index contributed by atoms with van der Waals surface area (Å²) in [4.78, 5) is 16.5. The monoisotopic (exact) mass is 367 g/mol. The van der Waals surface area contributed by atoms with E-state index in [0.29, 0.717) is 30.2 Å². The van der Waals surface area contributed by atoms with Crippen LogP contribution in [0.25, 0.3) is 10.2 Å². The summed E-state index contributed by atoms with van der Waals surface area (Å²) in [5.74, 6) is 0.627. The van der Waals surface area contributed by atoms with Gasteiger partial charge in [0.2, 0.25) is 0 Å². The average molecular weight is 367 g/mol. The number of nitrogens with one attached hydrogen (secondary N) is 1. The molecule has 132 valence electrons. The van der Waals surface area contributed by atoms with Crippen molar-refractivity contribution in [3.63, 3.8) is 0 Å². The van der Waals surface area contributed by atoms with Crippen molar-refractivity contribution in [1.82, 2.24) is 10.3 Å². The number of rotatable bonds is 7.